The van der Waals surface area contributed by atoms with Gasteiger partial charge in [-0.2, -0.15) is 0 Å². The Morgan fingerprint density at radius 2 is 2.06 bits per heavy atom. The number of nitrogens with zero attached hydrogens (tertiary/aromatic N) is 1. The van der Waals surface area contributed by atoms with E-state index in [4.69, 9.17) is 5.84 Å². The molecule has 0 unspecified atom stereocenters. The molecule has 0 spiro atoms. The number of hydrazine groups is 1. The first-order valence-electron chi connectivity index (χ1n) is 5.52. The average molecular weight is 242 g/mol. The van der Waals surface area contributed by atoms with Crippen LogP contribution in [0.15, 0.2) is 17.0 Å². The zero-order valence-corrected chi connectivity index (χ0v) is 10.9. The smallest absolute Gasteiger partial charge is 0.137 e. The number of anilines is 1. The highest BCUT2D eigenvalue weighted by Gasteiger charge is 2.18. The molecule has 0 bridgehead atoms. The first-order chi connectivity index (χ1) is 7.63. The van der Waals surface area contributed by atoms with Crippen molar-refractivity contribution >= 4 is 17.4 Å². The summed E-state index contributed by atoms with van der Waals surface area (Å²) >= 11 is 1.41. The number of fused-ring (bicyclic) bond motifs is 1. The number of hydrogen-bond donors (Lipinski definition) is 1. The molecule has 1 aliphatic heterocycles. The maximum Gasteiger partial charge on any atom is 0.137 e. The molecule has 1 heterocycles. The Morgan fingerprint density at radius 3 is 2.62 bits per heavy atom. The maximum atomic E-state index is 13.3. The van der Waals surface area contributed by atoms with Gasteiger partial charge in [0.1, 0.15) is 5.82 Å². The van der Waals surface area contributed by atoms with Crippen LogP contribution in [0.1, 0.15) is 25.8 Å². The van der Waals surface area contributed by atoms with Crippen LogP contribution in [0.3, 0.4) is 0 Å². The fourth-order valence-corrected chi connectivity index (χ4v) is 2.05. The van der Waals surface area contributed by atoms with E-state index in [0.29, 0.717) is 4.90 Å². The molecule has 4 heteroatoms. The van der Waals surface area contributed by atoms with Crippen LogP contribution in [-0.2, 0) is 6.42 Å². The minimum Gasteiger partial charge on any atom is -0.310 e. The van der Waals surface area contributed by atoms with Gasteiger partial charge in [-0.05, 0) is 30.4 Å². The molecule has 0 saturated heterocycles. The predicted molar refractivity (Wildman–Crippen MR) is 69.4 cm³/mol. The molecule has 0 aromatic heterocycles. The molecule has 0 amide bonds. The number of thioether (sulfide) groups is 1. The first-order valence-corrected chi connectivity index (χ1v) is 6.75. The van der Waals surface area contributed by atoms with Gasteiger partial charge < -0.3 is 5.01 Å². The van der Waals surface area contributed by atoms with E-state index in [0.717, 1.165) is 24.2 Å². The maximum absolute atomic E-state index is 13.3. The molecule has 0 fully saturated rings. The Kier molecular flexibility index (Phi) is 5.09. The van der Waals surface area contributed by atoms with Gasteiger partial charge in [-0.15, -0.1) is 11.8 Å². The van der Waals surface area contributed by atoms with Gasteiger partial charge >= 0.3 is 0 Å². The summed E-state index contributed by atoms with van der Waals surface area (Å²) in [5.74, 6) is 5.58. The third-order valence-corrected chi connectivity index (χ3v) is 3.04. The van der Waals surface area contributed by atoms with Gasteiger partial charge in [0, 0.05) is 11.4 Å². The second kappa shape index (κ2) is 6.11. The van der Waals surface area contributed by atoms with Crippen LogP contribution >= 0.6 is 11.8 Å². The molecule has 1 aliphatic rings. The Hall–Kier alpha value is -0.740. The molecule has 0 aliphatic carbocycles. The van der Waals surface area contributed by atoms with Gasteiger partial charge in [0.15, 0.2) is 0 Å². The van der Waals surface area contributed by atoms with E-state index >= 15 is 0 Å². The summed E-state index contributed by atoms with van der Waals surface area (Å²) in [6.07, 6.45) is 3.96. The van der Waals surface area contributed by atoms with E-state index in [1.807, 2.05) is 12.3 Å². The van der Waals surface area contributed by atoms with Crippen molar-refractivity contribution in [1.29, 1.82) is 0 Å². The Labute approximate surface area is 101 Å². The molecule has 0 radical (unpaired) electrons. The standard InChI is InChI=1S/C9H11FN2S.C3H8/c1-13-9-5-8-6(4-7(9)10)2-3-12(8)11;1-3-2/h4-5H,2-3,11H2,1H3;3H2,1-2H3. The Balaban J connectivity index is 0.000000386. The molecule has 2 rings (SSSR count). The summed E-state index contributed by atoms with van der Waals surface area (Å²) in [6, 6.07) is 3.41. The normalized spacial score (nSPS) is 13.2. The molecule has 2 N–H and O–H groups in total. The third kappa shape index (κ3) is 2.89. The summed E-state index contributed by atoms with van der Waals surface area (Å²) in [5, 5.41) is 1.68. The summed E-state index contributed by atoms with van der Waals surface area (Å²) in [4.78, 5) is 0.663. The van der Waals surface area contributed by atoms with Crippen LogP contribution in [-0.4, -0.2) is 12.8 Å². The van der Waals surface area contributed by atoms with Gasteiger partial charge in [-0.3, -0.25) is 0 Å². The molecule has 0 saturated carbocycles. The largest absolute Gasteiger partial charge is 0.310 e. The molecule has 90 valence electrons. The summed E-state index contributed by atoms with van der Waals surface area (Å²) in [5.41, 5.74) is 1.98. The average Bonchev–Trinajstić information content (AvgIpc) is 2.60. The monoisotopic (exact) mass is 242 g/mol. The van der Waals surface area contributed by atoms with Crippen LogP contribution in [0, 0.1) is 5.82 Å². The van der Waals surface area contributed by atoms with Crippen LogP contribution in [0.4, 0.5) is 10.1 Å². The van der Waals surface area contributed by atoms with Gasteiger partial charge in [0.2, 0.25) is 0 Å². The van der Waals surface area contributed by atoms with Crippen LogP contribution in [0.25, 0.3) is 0 Å². The fourth-order valence-electron chi connectivity index (χ4n) is 1.57. The second-order valence-electron chi connectivity index (χ2n) is 3.77. The fraction of sp³-hybridized carbons (Fsp3) is 0.500. The van der Waals surface area contributed by atoms with E-state index in [2.05, 4.69) is 13.8 Å². The molecule has 1 aromatic rings. The first kappa shape index (κ1) is 13.3. The molecule has 0 atom stereocenters. The van der Waals surface area contributed by atoms with Crippen molar-refractivity contribution in [2.45, 2.75) is 31.6 Å². The van der Waals surface area contributed by atoms with Crippen molar-refractivity contribution in [3.8, 4) is 0 Å². The van der Waals surface area contributed by atoms with E-state index in [1.165, 1.54) is 18.2 Å². The van der Waals surface area contributed by atoms with Crippen molar-refractivity contribution in [2.24, 2.45) is 5.84 Å². The molecule has 16 heavy (non-hydrogen) atoms. The lowest BCUT2D eigenvalue weighted by molar-refractivity contribution is 0.601. The highest BCUT2D eigenvalue weighted by atomic mass is 32.2. The molecular formula is C12H19FN2S. The highest BCUT2D eigenvalue weighted by Crippen LogP contribution is 2.31. The summed E-state index contributed by atoms with van der Waals surface area (Å²) in [7, 11) is 0. The summed E-state index contributed by atoms with van der Waals surface area (Å²) in [6.45, 7) is 5.03. The van der Waals surface area contributed by atoms with E-state index < -0.39 is 0 Å². The topological polar surface area (TPSA) is 29.3 Å². The third-order valence-electron chi connectivity index (χ3n) is 2.28. The Bertz CT molecular complexity index is 355. The van der Waals surface area contributed by atoms with Crippen LogP contribution in [0.5, 0.6) is 0 Å². The number of benzene rings is 1. The number of nitrogens with two attached hydrogens (primary N) is 1. The lowest BCUT2D eigenvalue weighted by Gasteiger charge is -2.12. The van der Waals surface area contributed by atoms with Crippen molar-refractivity contribution in [2.75, 3.05) is 17.8 Å². The van der Waals surface area contributed by atoms with Crippen molar-refractivity contribution in [1.82, 2.24) is 0 Å². The highest BCUT2D eigenvalue weighted by molar-refractivity contribution is 7.98. The zero-order chi connectivity index (χ0) is 12.1. The van der Waals surface area contributed by atoms with Crippen molar-refractivity contribution in [3.63, 3.8) is 0 Å². The number of hydrogen-bond acceptors (Lipinski definition) is 3. The minimum atomic E-state index is -0.137. The van der Waals surface area contributed by atoms with Crippen molar-refractivity contribution in [3.05, 3.63) is 23.5 Å². The van der Waals surface area contributed by atoms with Crippen LogP contribution < -0.4 is 10.9 Å². The van der Waals surface area contributed by atoms with Gasteiger partial charge in [0.05, 0.1) is 5.69 Å². The molecular weight excluding hydrogens is 223 g/mol. The lowest BCUT2D eigenvalue weighted by atomic mass is 10.2. The number of halogens is 1. The van der Waals surface area contributed by atoms with Gasteiger partial charge in [-0.1, -0.05) is 20.3 Å². The molecule has 2 nitrogen and oxygen atoms in total. The SMILES string of the molecule is CCC.CSc1cc2c(cc1F)CCN2N. The van der Waals surface area contributed by atoms with E-state index in [1.54, 1.807) is 11.1 Å². The van der Waals surface area contributed by atoms with Gasteiger partial charge in [-0.25, -0.2) is 10.2 Å². The van der Waals surface area contributed by atoms with E-state index in [-0.39, 0.29) is 5.82 Å². The summed E-state index contributed by atoms with van der Waals surface area (Å²) < 4.78 is 13.3. The number of rotatable bonds is 1. The van der Waals surface area contributed by atoms with Crippen LogP contribution in [0.2, 0.25) is 0 Å². The van der Waals surface area contributed by atoms with Crippen molar-refractivity contribution < 1.29 is 4.39 Å². The molecule has 1 aromatic carbocycles. The quantitative estimate of drug-likeness (QED) is 0.605. The zero-order valence-electron chi connectivity index (χ0n) is 10.1. The van der Waals surface area contributed by atoms with E-state index in [9.17, 15) is 4.39 Å². The lowest BCUT2D eigenvalue weighted by Crippen LogP contribution is -2.28. The predicted octanol–water partition coefficient (Wildman–Crippen LogP) is 3.20. The Morgan fingerprint density at radius 1 is 1.44 bits per heavy atom. The minimum absolute atomic E-state index is 0.137. The second-order valence-corrected chi connectivity index (χ2v) is 4.61. The van der Waals surface area contributed by atoms with Gasteiger partial charge in [0.25, 0.3) is 0 Å².